The molecule has 0 atom stereocenters. The van der Waals surface area contributed by atoms with Gasteiger partial charge in [0.1, 0.15) is 12.7 Å². The van der Waals surface area contributed by atoms with Crippen LogP contribution in [0, 0.1) is 0 Å². The van der Waals surface area contributed by atoms with E-state index in [1.165, 1.54) is 5.39 Å². The molecule has 212 valence electrons. The molecule has 1 aromatic carbocycles. The number of aromatic nitrogens is 3. The van der Waals surface area contributed by atoms with Crippen molar-refractivity contribution >= 4 is 21.8 Å². The molecule has 6 rings (SSSR count). The Labute approximate surface area is 232 Å². The molecular formula is C31H36F2N4O3. The molecule has 3 aromatic heterocycles. The van der Waals surface area contributed by atoms with Crippen molar-refractivity contribution in [3.63, 3.8) is 0 Å². The summed E-state index contributed by atoms with van der Waals surface area (Å²) in [4.78, 5) is 8.80. The van der Waals surface area contributed by atoms with Crippen LogP contribution in [0.25, 0.3) is 32.9 Å². The standard InChI is InChI=1S/C31H36F2N4O3/c1-37-28-9-13-35-19-27(28)26-5-3-21(15-29(26)37)22-4-6-30(36-18-22)40-25-16-24(17-25)38-14-2-10-31(32,33)20-39-23-7-11-34-12-8-23/h3-6,9,13,15,18-19,23-25,34H,2,7-8,10-12,14,16-17,20H2,1H3. The normalized spacial score (nSPS) is 20.2. The SMILES string of the molecule is Cn1c2ccncc2c2ccc(-c3ccc(OC4CC(OCCCC(F)(F)COC5CCNCC5)C4)nc3)cc21. The lowest BCUT2D eigenvalue weighted by molar-refractivity contribution is -0.115. The largest absolute Gasteiger partial charge is 0.474 e. The van der Waals surface area contributed by atoms with E-state index in [2.05, 4.69) is 45.1 Å². The van der Waals surface area contributed by atoms with Gasteiger partial charge in [0.25, 0.3) is 5.92 Å². The first-order valence-electron chi connectivity index (χ1n) is 14.2. The minimum atomic E-state index is -2.81. The summed E-state index contributed by atoms with van der Waals surface area (Å²) in [6.07, 6.45) is 8.76. The first kappa shape index (κ1) is 27.1. The second-order valence-corrected chi connectivity index (χ2v) is 11.0. The van der Waals surface area contributed by atoms with Crippen LogP contribution >= 0.6 is 0 Å². The van der Waals surface area contributed by atoms with Crippen molar-refractivity contribution in [2.45, 2.75) is 62.8 Å². The number of halogens is 2. The molecule has 40 heavy (non-hydrogen) atoms. The average Bonchev–Trinajstić information content (AvgIpc) is 3.25. The summed E-state index contributed by atoms with van der Waals surface area (Å²) in [6, 6.07) is 12.4. The predicted octanol–water partition coefficient (Wildman–Crippen LogP) is 5.90. The van der Waals surface area contributed by atoms with Crippen LogP contribution < -0.4 is 10.1 Å². The summed E-state index contributed by atoms with van der Waals surface area (Å²) in [6.45, 7) is 1.49. The monoisotopic (exact) mass is 550 g/mol. The number of nitrogens with zero attached hydrogens (tertiary/aromatic N) is 3. The summed E-state index contributed by atoms with van der Waals surface area (Å²) in [7, 11) is 2.07. The highest BCUT2D eigenvalue weighted by Crippen LogP contribution is 2.32. The lowest BCUT2D eigenvalue weighted by Gasteiger charge is -2.34. The Balaban J connectivity index is 0.931. The summed E-state index contributed by atoms with van der Waals surface area (Å²) in [5, 5.41) is 5.54. The molecule has 0 spiro atoms. The Morgan fingerprint density at radius 1 is 0.925 bits per heavy atom. The second kappa shape index (κ2) is 11.8. The number of piperidine rings is 1. The predicted molar refractivity (Wildman–Crippen MR) is 151 cm³/mol. The summed E-state index contributed by atoms with van der Waals surface area (Å²) >= 11 is 0. The van der Waals surface area contributed by atoms with E-state index in [1.807, 2.05) is 36.8 Å². The number of benzene rings is 1. The van der Waals surface area contributed by atoms with Crippen molar-refractivity contribution < 1.29 is 23.0 Å². The molecule has 1 aliphatic heterocycles. The van der Waals surface area contributed by atoms with Gasteiger partial charge >= 0.3 is 0 Å². The van der Waals surface area contributed by atoms with Crippen molar-refractivity contribution in [2.75, 3.05) is 26.3 Å². The highest BCUT2D eigenvalue weighted by molar-refractivity contribution is 6.08. The van der Waals surface area contributed by atoms with Crippen molar-refractivity contribution in [3.05, 3.63) is 55.0 Å². The van der Waals surface area contributed by atoms with Crippen molar-refractivity contribution in [1.82, 2.24) is 19.9 Å². The molecule has 7 nitrogen and oxygen atoms in total. The number of ether oxygens (including phenoxy) is 3. The van der Waals surface area contributed by atoms with Gasteiger partial charge in [-0.1, -0.05) is 12.1 Å². The fourth-order valence-corrected chi connectivity index (χ4v) is 5.63. The molecule has 4 aromatic rings. The van der Waals surface area contributed by atoms with Gasteiger partial charge in [-0.3, -0.25) is 4.98 Å². The van der Waals surface area contributed by atoms with Crippen molar-refractivity contribution in [2.24, 2.45) is 7.05 Å². The fourth-order valence-electron chi connectivity index (χ4n) is 5.63. The minimum absolute atomic E-state index is 0.0314. The first-order chi connectivity index (χ1) is 19.4. The zero-order valence-corrected chi connectivity index (χ0v) is 22.8. The van der Waals surface area contributed by atoms with Gasteiger partial charge in [0.15, 0.2) is 0 Å². The van der Waals surface area contributed by atoms with Crippen molar-refractivity contribution in [1.29, 1.82) is 0 Å². The summed E-state index contributed by atoms with van der Waals surface area (Å²) in [5.41, 5.74) is 4.41. The zero-order valence-electron chi connectivity index (χ0n) is 22.8. The maximum absolute atomic E-state index is 14.1. The minimum Gasteiger partial charge on any atom is -0.474 e. The van der Waals surface area contributed by atoms with E-state index in [-0.39, 0.29) is 24.7 Å². The molecule has 0 bridgehead atoms. The zero-order chi connectivity index (χ0) is 27.5. The Bertz CT molecular complexity index is 1430. The lowest BCUT2D eigenvalue weighted by atomic mass is 9.92. The number of nitrogens with one attached hydrogen (secondary N) is 1. The molecule has 0 unspecified atom stereocenters. The topological polar surface area (TPSA) is 70.4 Å². The van der Waals surface area contributed by atoms with Gasteiger partial charge < -0.3 is 24.1 Å². The van der Waals surface area contributed by atoms with E-state index in [4.69, 9.17) is 14.2 Å². The number of pyridine rings is 2. The van der Waals surface area contributed by atoms with E-state index in [9.17, 15) is 8.78 Å². The molecule has 9 heteroatoms. The molecule has 0 amide bonds. The lowest BCUT2D eigenvalue weighted by Crippen LogP contribution is -2.40. The highest BCUT2D eigenvalue weighted by Gasteiger charge is 2.33. The average molecular weight is 551 g/mol. The van der Waals surface area contributed by atoms with E-state index in [0.717, 1.165) is 66.3 Å². The number of aryl methyl sites for hydroxylation is 1. The molecule has 2 aliphatic rings. The number of rotatable bonds is 11. The van der Waals surface area contributed by atoms with Crippen molar-refractivity contribution in [3.8, 4) is 17.0 Å². The molecule has 4 heterocycles. The third-order valence-electron chi connectivity index (χ3n) is 8.07. The van der Waals surface area contributed by atoms with E-state index >= 15 is 0 Å². The summed E-state index contributed by atoms with van der Waals surface area (Å²) in [5.74, 6) is -2.23. The van der Waals surface area contributed by atoms with Gasteiger partial charge in [-0.2, -0.15) is 0 Å². The molecular weight excluding hydrogens is 514 g/mol. The smallest absolute Gasteiger partial charge is 0.271 e. The highest BCUT2D eigenvalue weighted by atomic mass is 19.3. The van der Waals surface area contributed by atoms with Gasteiger partial charge in [0.05, 0.1) is 17.7 Å². The Morgan fingerprint density at radius 2 is 1.75 bits per heavy atom. The quantitative estimate of drug-likeness (QED) is 0.235. The third-order valence-corrected chi connectivity index (χ3v) is 8.07. The van der Waals surface area contributed by atoms with Crippen LogP contribution in [0.4, 0.5) is 8.78 Å². The van der Waals surface area contributed by atoms with E-state index in [0.29, 0.717) is 18.9 Å². The maximum atomic E-state index is 14.1. The summed E-state index contributed by atoms with van der Waals surface area (Å²) < 4.78 is 47.7. The van der Waals surface area contributed by atoms with Crippen LogP contribution in [-0.2, 0) is 16.5 Å². The Kier molecular flexibility index (Phi) is 7.96. The number of fused-ring (bicyclic) bond motifs is 3. The molecule has 0 radical (unpaired) electrons. The van der Waals surface area contributed by atoms with Crippen LogP contribution in [0.2, 0.25) is 0 Å². The third kappa shape index (κ3) is 6.11. The fraction of sp³-hybridized carbons (Fsp3) is 0.484. The van der Waals surface area contributed by atoms with Crippen LogP contribution in [0.1, 0.15) is 38.5 Å². The van der Waals surface area contributed by atoms with E-state index < -0.39 is 12.5 Å². The number of alkyl halides is 2. The number of hydrogen-bond acceptors (Lipinski definition) is 6. The Morgan fingerprint density at radius 3 is 2.55 bits per heavy atom. The van der Waals surface area contributed by atoms with Crippen LogP contribution in [0.3, 0.4) is 0 Å². The molecule has 1 N–H and O–H groups in total. The molecule has 1 saturated carbocycles. The Hall–Kier alpha value is -3.14. The maximum Gasteiger partial charge on any atom is 0.271 e. The van der Waals surface area contributed by atoms with E-state index in [1.54, 1.807) is 0 Å². The van der Waals surface area contributed by atoms with Crippen LogP contribution in [0.15, 0.2) is 55.0 Å². The van der Waals surface area contributed by atoms with Gasteiger partial charge in [0, 0.05) is 79.4 Å². The van der Waals surface area contributed by atoms with Crippen LogP contribution in [-0.4, -0.2) is 65.1 Å². The number of hydrogen-bond donors (Lipinski definition) is 1. The molecule has 2 fully saturated rings. The molecule has 1 aliphatic carbocycles. The second-order valence-electron chi connectivity index (χ2n) is 11.0. The van der Waals surface area contributed by atoms with Gasteiger partial charge in [0.2, 0.25) is 5.88 Å². The van der Waals surface area contributed by atoms with Crippen LogP contribution in [0.5, 0.6) is 5.88 Å². The first-order valence-corrected chi connectivity index (χ1v) is 14.2. The molecule has 1 saturated heterocycles. The van der Waals surface area contributed by atoms with Gasteiger partial charge in [-0.05, 0) is 56.1 Å². The van der Waals surface area contributed by atoms with Gasteiger partial charge in [-0.15, -0.1) is 0 Å². The van der Waals surface area contributed by atoms with Gasteiger partial charge in [-0.25, -0.2) is 13.8 Å².